The van der Waals surface area contributed by atoms with Crippen molar-refractivity contribution in [2.24, 2.45) is 0 Å². The van der Waals surface area contributed by atoms with E-state index in [4.69, 9.17) is 0 Å². The third-order valence-electron chi connectivity index (χ3n) is 3.69. The third kappa shape index (κ3) is 2.05. The molecular weight excluding hydrogens is 277 g/mol. The van der Waals surface area contributed by atoms with E-state index in [1.165, 1.54) is 6.07 Å². The highest BCUT2D eigenvalue weighted by Crippen LogP contribution is 2.32. The lowest BCUT2D eigenvalue weighted by molar-refractivity contribution is 0.631. The van der Waals surface area contributed by atoms with E-state index in [0.717, 1.165) is 22.0 Å². The largest absolute Gasteiger partial charge is 0.278 e. The molecule has 106 valence electrons. The lowest BCUT2D eigenvalue weighted by atomic mass is 9.98. The number of halogens is 1. The molecule has 2 aromatic heterocycles. The van der Waals surface area contributed by atoms with Crippen molar-refractivity contribution >= 4 is 10.9 Å². The molecule has 0 bridgehead atoms. The highest BCUT2D eigenvalue weighted by Gasteiger charge is 2.12. The second-order valence-corrected chi connectivity index (χ2v) is 5.05. The smallest absolute Gasteiger partial charge is 0.132 e. The van der Waals surface area contributed by atoms with Crippen LogP contribution in [0.2, 0.25) is 0 Å². The van der Waals surface area contributed by atoms with Gasteiger partial charge in [-0.1, -0.05) is 30.3 Å². The Hall–Kier alpha value is -3.01. The van der Waals surface area contributed by atoms with Crippen LogP contribution in [0.25, 0.3) is 33.3 Å². The molecule has 1 N–H and O–H groups in total. The summed E-state index contributed by atoms with van der Waals surface area (Å²) in [5.74, 6) is -0.273. The Bertz CT molecular complexity index is 959. The molecule has 0 atom stereocenters. The Morgan fingerprint density at radius 2 is 1.77 bits per heavy atom. The van der Waals surface area contributed by atoms with Crippen molar-refractivity contribution in [3.63, 3.8) is 0 Å². The zero-order valence-electron chi connectivity index (χ0n) is 11.6. The van der Waals surface area contributed by atoms with E-state index >= 15 is 0 Å². The minimum absolute atomic E-state index is 0.273. The molecule has 4 heteroatoms. The normalized spacial score (nSPS) is 11.0. The minimum atomic E-state index is -0.273. The lowest BCUT2D eigenvalue weighted by Crippen LogP contribution is -1.91. The van der Waals surface area contributed by atoms with Gasteiger partial charge in [0, 0.05) is 22.7 Å². The van der Waals surface area contributed by atoms with E-state index in [-0.39, 0.29) is 5.82 Å². The number of aromatic nitrogens is 3. The van der Waals surface area contributed by atoms with Crippen LogP contribution in [0.3, 0.4) is 0 Å². The number of rotatable bonds is 2. The average Bonchev–Trinajstić information content (AvgIpc) is 3.03. The number of nitrogens with one attached hydrogen (secondary N) is 1. The zero-order valence-corrected chi connectivity index (χ0v) is 11.6. The maximum Gasteiger partial charge on any atom is 0.132 e. The van der Waals surface area contributed by atoms with E-state index < -0.39 is 0 Å². The quantitative estimate of drug-likeness (QED) is 0.593. The van der Waals surface area contributed by atoms with E-state index in [2.05, 4.69) is 15.2 Å². The summed E-state index contributed by atoms with van der Waals surface area (Å²) in [6, 6.07) is 16.5. The standard InChI is InChI=1S/C18H12FN3/c19-16-6-2-1-4-15(16)18-14(5-3-9-20-18)12-7-8-13-11-21-22-17(13)10-12/h1-11H,(H,21,22). The molecule has 0 saturated heterocycles. The van der Waals surface area contributed by atoms with Crippen LogP contribution >= 0.6 is 0 Å². The summed E-state index contributed by atoms with van der Waals surface area (Å²) in [5.41, 5.74) is 3.95. The number of hydrogen-bond acceptors (Lipinski definition) is 2. The fourth-order valence-corrected chi connectivity index (χ4v) is 2.61. The Kier molecular flexibility index (Phi) is 2.93. The van der Waals surface area contributed by atoms with Gasteiger partial charge in [0.25, 0.3) is 0 Å². The summed E-state index contributed by atoms with van der Waals surface area (Å²) >= 11 is 0. The molecule has 0 spiro atoms. The van der Waals surface area contributed by atoms with E-state index in [9.17, 15) is 4.39 Å². The second-order valence-electron chi connectivity index (χ2n) is 5.05. The van der Waals surface area contributed by atoms with Crippen molar-refractivity contribution in [3.8, 4) is 22.4 Å². The Labute approximate surface area is 126 Å². The molecule has 0 aliphatic carbocycles. The number of pyridine rings is 1. The molecule has 2 heterocycles. The van der Waals surface area contributed by atoms with Gasteiger partial charge in [-0.25, -0.2) is 4.39 Å². The fraction of sp³-hybridized carbons (Fsp3) is 0. The van der Waals surface area contributed by atoms with Crippen LogP contribution in [-0.4, -0.2) is 15.2 Å². The van der Waals surface area contributed by atoms with Crippen LogP contribution in [0.5, 0.6) is 0 Å². The van der Waals surface area contributed by atoms with Gasteiger partial charge < -0.3 is 0 Å². The number of fused-ring (bicyclic) bond motifs is 1. The summed E-state index contributed by atoms with van der Waals surface area (Å²) in [6.45, 7) is 0. The lowest BCUT2D eigenvalue weighted by Gasteiger charge is -2.09. The van der Waals surface area contributed by atoms with Gasteiger partial charge in [-0.05, 0) is 29.8 Å². The number of nitrogens with zero attached hydrogens (tertiary/aromatic N) is 2. The molecule has 0 amide bonds. The molecule has 0 radical (unpaired) electrons. The van der Waals surface area contributed by atoms with Gasteiger partial charge in [0.2, 0.25) is 0 Å². The predicted octanol–water partition coefficient (Wildman–Crippen LogP) is 4.43. The van der Waals surface area contributed by atoms with Gasteiger partial charge >= 0.3 is 0 Å². The zero-order chi connectivity index (χ0) is 14.9. The molecule has 2 aromatic carbocycles. The number of aromatic amines is 1. The van der Waals surface area contributed by atoms with Crippen molar-refractivity contribution in [1.29, 1.82) is 0 Å². The monoisotopic (exact) mass is 289 g/mol. The van der Waals surface area contributed by atoms with Gasteiger partial charge in [-0.2, -0.15) is 5.10 Å². The summed E-state index contributed by atoms with van der Waals surface area (Å²) in [6.07, 6.45) is 3.46. The topological polar surface area (TPSA) is 41.6 Å². The first kappa shape index (κ1) is 12.7. The number of hydrogen-bond donors (Lipinski definition) is 1. The molecule has 4 rings (SSSR count). The van der Waals surface area contributed by atoms with Crippen molar-refractivity contribution in [1.82, 2.24) is 15.2 Å². The van der Waals surface area contributed by atoms with Crippen LogP contribution in [0, 0.1) is 5.82 Å². The van der Waals surface area contributed by atoms with Crippen LogP contribution in [0.15, 0.2) is 67.0 Å². The molecule has 0 fully saturated rings. The molecule has 0 aliphatic rings. The molecule has 4 aromatic rings. The first-order chi connectivity index (χ1) is 10.8. The molecule has 0 unspecified atom stereocenters. The Balaban J connectivity index is 1.94. The highest BCUT2D eigenvalue weighted by molar-refractivity contribution is 5.88. The third-order valence-corrected chi connectivity index (χ3v) is 3.69. The summed E-state index contributed by atoms with van der Waals surface area (Å²) in [5, 5.41) is 8.03. The average molecular weight is 289 g/mol. The van der Waals surface area contributed by atoms with Crippen molar-refractivity contribution < 1.29 is 4.39 Å². The van der Waals surface area contributed by atoms with E-state index in [1.807, 2.05) is 36.4 Å². The molecule has 0 saturated carbocycles. The van der Waals surface area contributed by atoms with Crippen LogP contribution in [0.4, 0.5) is 4.39 Å². The second kappa shape index (κ2) is 5.07. The molecular formula is C18H12FN3. The minimum Gasteiger partial charge on any atom is -0.278 e. The first-order valence-electron chi connectivity index (χ1n) is 6.96. The van der Waals surface area contributed by atoms with Crippen molar-refractivity contribution in [2.75, 3.05) is 0 Å². The maximum absolute atomic E-state index is 14.1. The highest BCUT2D eigenvalue weighted by atomic mass is 19.1. The number of benzene rings is 2. The number of H-pyrrole nitrogens is 1. The van der Waals surface area contributed by atoms with Crippen molar-refractivity contribution in [3.05, 3.63) is 72.8 Å². The maximum atomic E-state index is 14.1. The SMILES string of the molecule is Fc1ccccc1-c1ncccc1-c1ccc2cn[nH]c2c1. The van der Waals surface area contributed by atoms with E-state index in [0.29, 0.717) is 11.3 Å². The molecule has 3 nitrogen and oxygen atoms in total. The molecule has 22 heavy (non-hydrogen) atoms. The van der Waals surface area contributed by atoms with Crippen LogP contribution in [-0.2, 0) is 0 Å². The van der Waals surface area contributed by atoms with Gasteiger partial charge in [-0.15, -0.1) is 0 Å². The summed E-state index contributed by atoms with van der Waals surface area (Å²) in [4.78, 5) is 4.39. The first-order valence-corrected chi connectivity index (χ1v) is 6.96. The van der Waals surface area contributed by atoms with Crippen LogP contribution < -0.4 is 0 Å². The van der Waals surface area contributed by atoms with Crippen LogP contribution in [0.1, 0.15) is 0 Å². The Morgan fingerprint density at radius 3 is 2.68 bits per heavy atom. The van der Waals surface area contributed by atoms with Crippen molar-refractivity contribution in [2.45, 2.75) is 0 Å². The molecule has 0 aliphatic heterocycles. The summed E-state index contributed by atoms with van der Waals surface area (Å²) < 4.78 is 14.1. The Morgan fingerprint density at radius 1 is 0.909 bits per heavy atom. The van der Waals surface area contributed by atoms with E-state index in [1.54, 1.807) is 24.5 Å². The fourth-order valence-electron chi connectivity index (χ4n) is 2.61. The predicted molar refractivity (Wildman–Crippen MR) is 84.7 cm³/mol. The van der Waals surface area contributed by atoms with Gasteiger partial charge in [0.1, 0.15) is 5.82 Å². The van der Waals surface area contributed by atoms with Gasteiger partial charge in [-0.3, -0.25) is 10.1 Å². The summed E-state index contributed by atoms with van der Waals surface area (Å²) in [7, 11) is 0. The van der Waals surface area contributed by atoms with Gasteiger partial charge in [0.05, 0.1) is 17.4 Å². The van der Waals surface area contributed by atoms with Gasteiger partial charge in [0.15, 0.2) is 0 Å².